The van der Waals surface area contributed by atoms with Gasteiger partial charge in [0.2, 0.25) is 0 Å². The van der Waals surface area contributed by atoms with Gasteiger partial charge in [0.05, 0.1) is 23.2 Å². The fourth-order valence-corrected chi connectivity index (χ4v) is 2.62. The molecule has 9 nitrogen and oxygen atoms in total. The number of nitrogens with zero attached hydrogens (tertiary/aromatic N) is 2. The third kappa shape index (κ3) is 2.75. The van der Waals surface area contributed by atoms with Crippen LogP contribution in [0.3, 0.4) is 0 Å². The second kappa shape index (κ2) is 6.28. The molecule has 2 aromatic carbocycles. The van der Waals surface area contributed by atoms with Crippen molar-refractivity contribution in [2.45, 2.75) is 0 Å². The fraction of sp³-hybridized carbons (Fsp3) is 0.118. The molecule has 2 aromatic rings. The summed E-state index contributed by atoms with van der Waals surface area (Å²) in [6, 6.07) is 8.15. The van der Waals surface area contributed by atoms with Crippen LogP contribution in [-0.4, -0.2) is 41.7 Å². The molecule has 3 amide bonds. The number of methoxy groups -OCH3 is 1. The summed E-state index contributed by atoms with van der Waals surface area (Å²) < 4.78 is 4.89. The number of nitro benzene ring substituents is 1. The molecule has 1 aliphatic rings. The molecule has 0 atom stereocenters. The molecule has 9 heteroatoms. The number of ether oxygens (including phenoxy) is 1. The molecule has 3 rings (SSSR count). The van der Waals surface area contributed by atoms with Gasteiger partial charge in [-0.05, 0) is 30.3 Å². The van der Waals surface area contributed by atoms with E-state index >= 15 is 0 Å². The van der Waals surface area contributed by atoms with Gasteiger partial charge in [0, 0.05) is 24.4 Å². The maximum absolute atomic E-state index is 12.4. The molecule has 0 bridgehead atoms. The van der Waals surface area contributed by atoms with E-state index in [1.807, 2.05) is 0 Å². The van der Waals surface area contributed by atoms with E-state index in [2.05, 4.69) is 5.32 Å². The van der Waals surface area contributed by atoms with Crippen LogP contribution >= 0.6 is 0 Å². The Kier molecular flexibility index (Phi) is 4.13. The molecule has 0 fully saturated rings. The van der Waals surface area contributed by atoms with Gasteiger partial charge in [0.15, 0.2) is 5.75 Å². The zero-order valence-electron chi connectivity index (χ0n) is 13.8. The quantitative estimate of drug-likeness (QED) is 0.509. The fourth-order valence-electron chi connectivity index (χ4n) is 2.62. The van der Waals surface area contributed by atoms with Crippen LogP contribution in [0, 0.1) is 10.1 Å². The second-order valence-electron chi connectivity index (χ2n) is 5.53. The Morgan fingerprint density at radius 3 is 2.46 bits per heavy atom. The van der Waals surface area contributed by atoms with Gasteiger partial charge in [0.25, 0.3) is 17.7 Å². The van der Waals surface area contributed by atoms with E-state index in [0.29, 0.717) is 5.69 Å². The lowest BCUT2D eigenvalue weighted by Gasteiger charge is -2.07. The lowest BCUT2D eigenvalue weighted by molar-refractivity contribution is -0.385. The Hall–Kier alpha value is -3.75. The van der Waals surface area contributed by atoms with Crippen molar-refractivity contribution in [2.24, 2.45) is 0 Å². The van der Waals surface area contributed by atoms with Crippen LogP contribution in [0.5, 0.6) is 5.75 Å². The van der Waals surface area contributed by atoms with Gasteiger partial charge in [0.1, 0.15) is 0 Å². The number of hydrogen-bond donors (Lipinski definition) is 1. The Bertz CT molecular complexity index is 969. The van der Waals surface area contributed by atoms with E-state index in [1.54, 1.807) is 0 Å². The number of hydrogen-bond acceptors (Lipinski definition) is 6. The van der Waals surface area contributed by atoms with Crippen molar-refractivity contribution in [2.75, 3.05) is 19.5 Å². The van der Waals surface area contributed by atoms with Crippen molar-refractivity contribution in [3.05, 3.63) is 63.2 Å². The summed E-state index contributed by atoms with van der Waals surface area (Å²) in [5.41, 5.74) is 0.462. The third-order valence-corrected chi connectivity index (χ3v) is 3.99. The van der Waals surface area contributed by atoms with E-state index in [0.717, 1.165) is 11.0 Å². The Labute approximate surface area is 147 Å². The average Bonchev–Trinajstić information content (AvgIpc) is 2.85. The third-order valence-electron chi connectivity index (χ3n) is 3.99. The summed E-state index contributed by atoms with van der Waals surface area (Å²) in [6.45, 7) is 0. The highest BCUT2D eigenvalue weighted by molar-refractivity contribution is 6.21. The lowest BCUT2D eigenvalue weighted by Crippen LogP contribution is -2.24. The van der Waals surface area contributed by atoms with Crippen molar-refractivity contribution in [3.8, 4) is 5.75 Å². The van der Waals surface area contributed by atoms with E-state index in [9.17, 15) is 24.5 Å². The molecular weight excluding hydrogens is 342 g/mol. The van der Waals surface area contributed by atoms with Gasteiger partial charge in [-0.2, -0.15) is 0 Å². The summed E-state index contributed by atoms with van der Waals surface area (Å²) in [4.78, 5) is 47.6. The van der Waals surface area contributed by atoms with E-state index in [1.165, 1.54) is 44.5 Å². The van der Waals surface area contributed by atoms with Crippen LogP contribution < -0.4 is 10.1 Å². The molecule has 0 aromatic heterocycles. The summed E-state index contributed by atoms with van der Waals surface area (Å²) in [7, 11) is 2.67. The largest absolute Gasteiger partial charge is 0.490 e. The number of nitrogens with one attached hydrogen (secondary N) is 1. The molecule has 0 saturated carbocycles. The standard InChI is InChI=1S/C17H13N3O6/c1-19-16(22)11-5-4-10(8-12(11)17(19)23)18-15(21)9-3-6-14(26-2)13(7-9)20(24)25/h3-8H,1-2H3,(H,18,21). The summed E-state index contributed by atoms with van der Waals surface area (Å²) in [5.74, 6) is -1.42. The topological polar surface area (TPSA) is 119 Å². The van der Waals surface area contributed by atoms with Gasteiger partial charge < -0.3 is 10.1 Å². The first-order valence-electron chi connectivity index (χ1n) is 7.43. The number of rotatable bonds is 4. The number of anilines is 1. The van der Waals surface area contributed by atoms with Gasteiger partial charge in [-0.1, -0.05) is 0 Å². The molecule has 26 heavy (non-hydrogen) atoms. The van der Waals surface area contributed by atoms with Crippen molar-refractivity contribution < 1.29 is 24.0 Å². The number of imide groups is 1. The number of fused-ring (bicyclic) bond motifs is 1. The van der Waals surface area contributed by atoms with Crippen LogP contribution in [0.1, 0.15) is 31.1 Å². The van der Waals surface area contributed by atoms with E-state index in [4.69, 9.17) is 4.74 Å². The van der Waals surface area contributed by atoms with Crippen molar-refractivity contribution in [1.82, 2.24) is 4.90 Å². The zero-order chi connectivity index (χ0) is 19.0. The maximum Gasteiger partial charge on any atom is 0.311 e. The highest BCUT2D eigenvalue weighted by Gasteiger charge is 2.32. The zero-order valence-corrected chi connectivity index (χ0v) is 13.8. The van der Waals surface area contributed by atoms with Gasteiger partial charge in [-0.25, -0.2) is 0 Å². The number of nitro groups is 1. The molecule has 0 aliphatic carbocycles. The average molecular weight is 355 g/mol. The molecule has 0 radical (unpaired) electrons. The first kappa shape index (κ1) is 17.1. The molecule has 132 valence electrons. The molecule has 0 spiro atoms. The molecule has 1 aliphatic heterocycles. The number of amides is 3. The van der Waals surface area contributed by atoms with Crippen LogP contribution in [-0.2, 0) is 0 Å². The Morgan fingerprint density at radius 1 is 1.12 bits per heavy atom. The number of carbonyl (C=O) groups excluding carboxylic acids is 3. The molecule has 1 N–H and O–H groups in total. The van der Waals surface area contributed by atoms with E-state index in [-0.39, 0.29) is 28.1 Å². The van der Waals surface area contributed by atoms with Crippen molar-refractivity contribution >= 4 is 29.1 Å². The SMILES string of the molecule is COc1ccc(C(=O)Nc2ccc3c(c2)C(=O)N(C)C3=O)cc1[N+](=O)[O-]. The number of benzene rings is 2. The van der Waals surface area contributed by atoms with Crippen LogP contribution in [0.2, 0.25) is 0 Å². The summed E-state index contributed by atoms with van der Waals surface area (Å²) in [5, 5.41) is 13.6. The molecular formula is C17H13N3O6. The van der Waals surface area contributed by atoms with E-state index < -0.39 is 22.6 Å². The minimum absolute atomic E-state index is 0.0382. The highest BCUT2D eigenvalue weighted by atomic mass is 16.6. The molecule has 1 heterocycles. The Balaban J connectivity index is 1.88. The van der Waals surface area contributed by atoms with Crippen LogP contribution in [0.4, 0.5) is 11.4 Å². The monoisotopic (exact) mass is 355 g/mol. The van der Waals surface area contributed by atoms with Crippen LogP contribution in [0.15, 0.2) is 36.4 Å². The van der Waals surface area contributed by atoms with Gasteiger partial charge in [-0.15, -0.1) is 0 Å². The van der Waals surface area contributed by atoms with Gasteiger partial charge in [-0.3, -0.25) is 29.4 Å². The minimum atomic E-state index is -0.648. The smallest absolute Gasteiger partial charge is 0.311 e. The van der Waals surface area contributed by atoms with Crippen molar-refractivity contribution in [3.63, 3.8) is 0 Å². The molecule has 0 unspecified atom stereocenters. The van der Waals surface area contributed by atoms with Gasteiger partial charge >= 0.3 is 5.69 Å². The number of carbonyl (C=O) groups is 3. The predicted molar refractivity (Wildman–Crippen MR) is 90.5 cm³/mol. The van der Waals surface area contributed by atoms with Crippen LogP contribution in [0.25, 0.3) is 0 Å². The first-order valence-corrected chi connectivity index (χ1v) is 7.43. The maximum atomic E-state index is 12.4. The summed E-state index contributed by atoms with van der Waals surface area (Å²) in [6.07, 6.45) is 0. The minimum Gasteiger partial charge on any atom is -0.490 e. The Morgan fingerprint density at radius 2 is 1.81 bits per heavy atom. The predicted octanol–water partition coefficient (Wildman–Crippen LogP) is 2.08. The lowest BCUT2D eigenvalue weighted by atomic mass is 10.1. The second-order valence-corrected chi connectivity index (χ2v) is 5.53. The highest BCUT2D eigenvalue weighted by Crippen LogP contribution is 2.28. The molecule has 0 saturated heterocycles. The summed E-state index contributed by atoms with van der Waals surface area (Å²) >= 11 is 0. The van der Waals surface area contributed by atoms with Crippen molar-refractivity contribution in [1.29, 1.82) is 0 Å². The first-order chi connectivity index (χ1) is 12.3. The normalized spacial score (nSPS) is 12.8.